The highest BCUT2D eigenvalue weighted by molar-refractivity contribution is 7.19. The smallest absolute Gasteiger partial charge is 0.263 e. The number of carbonyl (C=O) groups excluding carboxylic acids is 1. The van der Waals surface area contributed by atoms with Crippen LogP contribution in [0.2, 0.25) is 0 Å². The Morgan fingerprint density at radius 2 is 2.26 bits per heavy atom. The van der Waals surface area contributed by atoms with Gasteiger partial charge in [-0.15, -0.1) is 17.9 Å². The Morgan fingerprint density at radius 1 is 1.53 bits per heavy atom. The summed E-state index contributed by atoms with van der Waals surface area (Å²) < 4.78 is 10.2. The molecule has 1 rings (SSSR count). The fraction of sp³-hybridized carbons (Fsp3) is 0.417. The minimum absolute atomic E-state index is 0.236. The summed E-state index contributed by atoms with van der Waals surface area (Å²) in [6, 6.07) is 0. The number of ether oxygens (including phenoxy) is 2. The molecule has 0 unspecified atom stereocenters. The van der Waals surface area contributed by atoms with E-state index in [0.29, 0.717) is 36.0 Å². The number of nitrogens with two attached hydrogens (primary N) is 1. The highest BCUT2D eigenvalue weighted by atomic mass is 32.1. The van der Waals surface area contributed by atoms with E-state index in [1.165, 1.54) is 18.4 Å². The largest absolute Gasteiger partial charge is 0.492 e. The molecule has 0 aliphatic carbocycles. The predicted octanol–water partition coefficient (Wildman–Crippen LogP) is 1.31. The molecule has 0 aliphatic rings. The lowest BCUT2D eigenvalue weighted by molar-refractivity contribution is 0.0962. The molecule has 0 fully saturated rings. The SMILES string of the molecule is C=CCNC(=O)c1sc(NCCOC)c(OC)c1N. The van der Waals surface area contributed by atoms with Crippen molar-refractivity contribution in [3.8, 4) is 5.75 Å². The molecule has 106 valence electrons. The number of nitrogens with one attached hydrogen (secondary N) is 2. The van der Waals surface area contributed by atoms with Gasteiger partial charge in [0.25, 0.3) is 5.91 Å². The number of thiophene rings is 1. The van der Waals surface area contributed by atoms with E-state index in [-0.39, 0.29) is 5.91 Å². The molecule has 0 saturated heterocycles. The van der Waals surface area contributed by atoms with Gasteiger partial charge in [-0.3, -0.25) is 4.79 Å². The quantitative estimate of drug-likeness (QED) is 0.495. The molecule has 6 nitrogen and oxygen atoms in total. The fourth-order valence-electron chi connectivity index (χ4n) is 1.43. The van der Waals surface area contributed by atoms with E-state index in [2.05, 4.69) is 17.2 Å². The summed E-state index contributed by atoms with van der Waals surface area (Å²) in [5.41, 5.74) is 6.26. The van der Waals surface area contributed by atoms with Crippen molar-refractivity contribution in [1.82, 2.24) is 5.32 Å². The van der Waals surface area contributed by atoms with Crippen LogP contribution in [-0.4, -0.2) is 39.8 Å². The van der Waals surface area contributed by atoms with Crippen molar-refractivity contribution < 1.29 is 14.3 Å². The molecule has 0 saturated carbocycles. The maximum Gasteiger partial charge on any atom is 0.263 e. The van der Waals surface area contributed by atoms with Gasteiger partial charge in [0.2, 0.25) is 0 Å². The summed E-state index contributed by atoms with van der Waals surface area (Å²) in [6.07, 6.45) is 1.61. The van der Waals surface area contributed by atoms with E-state index in [1.807, 2.05) is 0 Å². The molecular formula is C12H19N3O3S. The van der Waals surface area contributed by atoms with Gasteiger partial charge >= 0.3 is 0 Å². The average molecular weight is 285 g/mol. The molecule has 0 atom stereocenters. The first kappa shape index (κ1) is 15.3. The third-order valence-electron chi connectivity index (χ3n) is 2.31. The van der Waals surface area contributed by atoms with E-state index in [0.717, 1.165) is 5.00 Å². The van der Waals surface area contributed by atoms with Crippen molar-refractivity contribution in [2.24, 2.45) is 0 Å². The van der Waals surface area contributed by atoms with Gasteiger partial charge < -0.3 is 25.8 Å². The molecule has 1 aromatic rings. The van der Waals surface area contributed by atoms with Crippen LogP contribution in [0, 0.1) is 0 Å². The number of anilines is 2. The van der Waals surface area contributed by atoms with Crippen molar-refractivity contribution in [1.29, 1.82) is 0 Å². The van der Waals surface area contributed by atoms with Crippen molar-refractivity contribution >= 4 is 27.9 Å². The van der Waals surface area contributed by atoms with Crippen LogP contribution in [-0.2, 0) is 4.74 Å². The zero-order valence-electron chi connectivity index (χ0n) is 11.1. The molecule has 1 aromatic heterocycles. The van der Waals surface area contributed by atoms with Crippen LogP contribution in [0.4, 0.5) is 10.7 Å². The number of nitrogen functional groups attached to an aromatic ring is 1. The van der Waals surface area contributed by atoms with Crippen LogP contribution < -0.4 is 21.1 Å². The molecule has 4 N–H and O–H groups in total. The Morgan fingerprint density at radius 3 is 2.84 bits per heavy atom. The third-order valence-corrected chi connectivity index (χ3v) is 3.45. The molecule has 1 heterocycles. The van der Waals surface area contributed by atoms with Crippen LogP contribution in [0.5, 0.6) is 5.75 Å². The number of hydrogen-bond acceptors (Lipinski definition) is 6. The normalized spacial score (nSPS) is 10.0. The number of rotatable bonds is 8. The molecule has 0 spiro atoms. The summed E-state index contributed by atoms with van der Waals surface area (Å²) >= 11 is 1.26. The topological polar surface area (TPSA) is 85.6 Å². The van der Waals surface area contributed by atoms with Crippen LogP contribution in [0.1, 0.15) is 9.67 Å². The number of amides is 1. The summed E-state index contributed by atoms with van der Waals surface area (Å²) in [7, 11) is 3.14. The molecule has 0 radical (unpaired) electrons. The Labute approximate surface area is 116 Å². The maximum absolute atomic E-state index is 11.9. The van der Waals surface area contributed by atoms with Crippen molar-refractivity contribution in [2.75, 3.05) is 45.0 Å². The number of carbonyl (C=O) groups is 1. The van der Waals surface area contributed by atoms with Gasteiger partial charge in [-0.05, 0) is 0 Å². The summed E-state index contributed by atoms with van der Waals surface area (Å²) in [4.78, 5) is 12.3. The van der Waals surface area contributed by atoms with Gasteiger partial charge in [-0.25, -0.2) is 0 Å². The van der Waals surface area contributed by atoms with Crippen molar-refractivity contribution in [2.45, 2.75) is 0 Å². The average Bonchev–Trinajstić information content (AvgIpc) is 2.72. The highest BCUT2D eigenvalue weighted by Gasteiger charge is 2.21. The van der Waals surface area contributed by atoms with Crippen LogP contribution in [0.15, 0.2) is 12.7 Å². The summed E-state index contributed by atoms with van der Waals surface area (Å²) in [5, 5.41) is 6.54. The zero-order valence-corrected chi connectivity index (χ0v) is 11.9. The van der Waals surface area contributed by atoms with Gasteiger partial charge in [0, 0.05) is 20.2 Å². The lowest BCUT2D eigenvalue weighted by Gasteiger charge is -2.05. The maximum atomic E-state index is 11.9. The lowest BCUT2D eigenvalue weighted by Crippen LogP contribution is -2.23. The van der Waals surface area contributed by atoms with E-state index in [9.17, 15) is 4.79 Å². The summed E-state index contributed by atoms with van der Waals surface area (Å²) in [5.74, 6) is 0.255. The van der Waals surface area contributed by atoms with E-state index < -0.39 is 0 Å². The van der Waals surface area contributed by atoms with Gasteiger partial charge in [-0.2, -0.15) is 0 Å². The Bertz CT molecular complexity index is 446. The molecule has 0 aromatic carbocycles. The van der Waals surface area contributed by atoms with Crippen LogP contribution in [0.25, 0.3) is 0 Å². The molecule has 7 heteroatoms. The van der Waals surface area contributed by atoms with Gasteiger partial charge in [0.1, 0.15) is 15.6 Å². The fourth-order valence-corrected chi connectivity index (χ4v) is 2.46. The number of hydrogen-bond donors (Lipinski definition) is 3. The van der Waals surface area contributed by atoms with Gasteiger partial charge in [-0.1, -0.05) is 6.08 Å². The van der Waals surface area contributed by atoms with Crippen LogP contribution in [0.3, 0.4) is 0 Å². The molecule has 0 aliphatic heterocycles. The standard InChI is InChI=1S/C12H19N3O3S/c1-4-5-14-11(16)10-8(13)9(18-3)12(19-10)15-6-7-17-2/h4,15H,1,5-7,13H2,2-3H3,(H,14,16). The molecule has 19 heavy (non-hydrogen) atoms. The van der Waals surface area contributed by atoms with E-state index >= 15 is 0 Å². The Kier molecular flexibility index (Phi) is 6.17. The monoisotopic (exact) mass is 285 g/mol. The Hall–Kier alpha value is -1.73. The van der Waals surface area contributed by atoms with Crippen molar-refractivity contribution in [3.05, 3.63) is 17.5 Å². The van der Waals surface area contributed by atoms with Gasteiger partial charge in [0.15, 0.2) is 5.75 Å². The molecular weight excluding hydrogens is 266 g/mol. The van der Waals surface area contributed by atoms with E-state index in [4.69, 9.17) is 15.2 Å². The minimum Gasteiger partial charge on any atom is -0.492 e. The lowest BCUT2D eigenvalue weighted by atomic mass is 10.3. The second-order valence-corrected chi connectivity index (χ2v) is 4.65. The van der Waals surface area contributed by atoms with E-state index in [1.54, 1.807) is 13.2 Å². The molecule has 1 amide bonds. The summed E-state index contributed by atoms with van der Waals surface area (Å²) in [6.45, 7) is 5.10. The third kappa shape index (κ3) is 3.87. The Balaban J connectivity index is 2.87. The highest BCUT2D eigenvalue weighted by Crippen LogP contribution is 2.42. The second kappa shape index (κ2) is 7.65. The first-order chi connectivity index (χ1) is 9.15. The van der Waals surface area contributed by atoms with Crippen LogP contribution >= 0.6 is 11.3 Å². The van der Waals surface area contributed by atoms with Gasteiger partial charge in [0.05, 0.1) is 13.7 Å². The first-order valence-electron chi connectivity index (χ1n) is 5.73. The number of methoxy groups -OCH3 is 2. The predicted molar refractivity (Wildman–Crippen MR) is 78.2 cm³/mol. The molecule has 0 bridgehead atoms. The second-order valence-electron chi connectivity index (χ2n) is 3.63. The first-order valence-corrected chi connectivity index (χ1v) is 6.55. The zero-order chi connectivity index (χ0) is 14.3. The van der Waals surface area contributed by atoms with Crippen molar-refractivity contribution in [3.63, 3.8) is 0 Å². The minimum atomic E-state index is -0.236.